The molecule has 1 aliphatic heterocycles. The highest BCUT2D eigenvalue weighted by molar-refractivity contribution is 7.07. The minimum Gasteiger partial charge on any atom is -0.497 e. The number of allylic oxidation sites excluding steroid dienone is 1. The van der Waals surface area contributed by atoms with Crippen molar-refractivity contribution in [2.24, 2.45) is 4.99 Å². The van der Waals surface area contributed by atoms with E-state index in [2.05, 4.69) is 4.99 Å². The molecule has 0 N–H and O–H groups in total. The number of fused-ring (bicyclic) bond motifs is 1. The Labute approximate surface area is 201 Å². The van der Waals surface area contributed by atoms with Gasteiger partial charge < -0.3 is 14.2 Å². The quantitative estimate of drug-likeness (QED) is 0.509. The van der Waals surface area contributed by atoms with Gasteiger partial charge in [0.25, 0.3) is 5.56 Å². The topological polar surface area (TPSA) is 79.1 Å². The number of carbonyl (C=O) groups excluding carboxylic acids is 1. The van der Waals surface area contributed by atoms with Crippen LogP contribution in [-0.2, 0) is 9.53 Å². The molecular formula is C26H26N2O5S. The van der Waals surface area contributed by atoms with Crippen molar-refractivity contribution >= 4 is 23.4 Å². The number of thiazole rings is 1. The van der Waals surface area contributed by atoms with Crippen LogP contribution < -0.4 is 24.4 Å². The molecule has 3 aromatic rings. The monoisotopic (exact) mass is 478 g/mol. The summed E-state index contributed by atoms with van der Waals surface area (Å²) in [7, 11) is 3.20. The third kappa shape index (κ3) is 4.28. The highest BCUT2D eigenvalue weighted by Crippen LogP contribution is 2.33. The number of methoxy groups -OCH3 is 2. The van der Waals surface area contributed by atoms with Crippen LogP contribution in [0.2, 0.25) is 0 Å². The number of rotatable bonds is 6. The SMILES string of the molecule is CCOC(=O)C1=C(C)N=c2s/c(=C\c3ccc(OC)cc3)c(=O)n2C1c1ccc(C)c(OC)c1. The number of hydrogen-bond acceptors (Lipinski definition) is 7. The number of ether oxygens (including phenoxy) is 3. The lowest BCUT2D eigenvalue weighted by molar-refractivity contribution is -0.139. The standard InChI is InChI=1S/C26H26N2O5S/c1-6-33-25(30)22-16(3)27-26-28(23(22)18-10-7-15(2)20(14-18)32-5)24(29)21(34-26)13-17-8-11-19(31-4)12-9-17/h7-14,23H,6H2,1-5H3/b21-13-. The van der Waals surface area contributed by atoms with Gasteiger partial charge in [-0.2, -0.15) is 0 Å². The normalized spacial score (nSPS) is 15.6. The van der Waals surface area contributed by atoms with E-state index in [4.69, 9.17) is 14.2 Å². The summed E-state index contributed by atoms with van der Waals surface area (Å²) in [4.78, 5) is 31.8. The Bertz CT molecular complexity index is 1450. The molecule has 8 heteroatoms. The van der Waals surface area contributed by atoms with Crippen molar-refractivity contribution in [1.29, 1.82) is 0 Å². The molecule has 34 heavy (non-hydrogen) atoms. The van der Waals surface area contributed by atoms with Crippen LogP contribution in [0, 0.1) is 6.92 Å². The Hall–Kier alpha value is -3.65. The lowest BCUT2D eigenvalue weighted by Crippen LogP contribution is -2.40. The van der Waals surface area contributed by atoms with Gasteiger partial charge in [-0.15, -0.1) is 0 Å². The van der Waals surface area contributed by atoms with E-state index < -0.39 is 12.0 Å². The Balaban J connectivity index is 1.94. The average Bonchev–Trinajstić information content (AvgIpc) is 3.13. The molecule has 1 aliphatic rings. The van der Waals surface area contributed by atoms with Gasteiger partial charge >= 0.3 is 5.97 Å². The predicted octanol–water partition coefficient (Wildman–Crippen LogP) is 3.12. The first kappa shape index (κ1) is 23.5. The van der Waals surface area contributed by atoms with Crippen molar-refractivity contribution in [3.63, 3.8) is 0 Å². The van der Waals surface area contributed by atoms with Crippen LogP contribution in [0.3, 0.4) is 0 Å². The van der Waals surface area contributed by atoms with Gasteiger partial charge in [0.1, 0.15) is 11.5 Å². The second-order valence-corrected chi connectivity index (χ2v) is 8.81. The maximum Gasteiger partial charge on any atom is 0.338 e. The summed E-state index contributed by atoms with van der Waals surface area (Å²) in [5, 5.41) is 0. The van der Waals surface area contributed by atoms with Gasteiger partial charge in [-0.25, -0.2) is 9.79 Å². The van der Waals surface area contributed by atoms with E-state index in [1.807, 2.05) is 55.5 Å². The van der Waals surface area contributed by atoms with Crippen LogP contribution in [-0.4, -0.2) is 31.4 Å². The first-order valence-electron chi connectivity index (χ1n) is 10.9. The van der Waals surface area contributed by atoms with Gasteiger partial charge in [-0.1, -0.05) is 35.6 Å². The fraction of sp³-hybridized carbons (Fsp3) is 0.269. The van der Waals surface area contributed by atoms with Crippen molar-refractivity contribution in [2.45, 2.75) is 26.8 Å². The van der Waals surface area contributed by atoms with Crippen LogP contribution in [0.15, 0.2) is 63.5 Å². The number of benzene rings is 2. The molecule has 0 spiro atoms. The second kappa shape index (κ2) is 9.69. The predicted molar refractivity (Wildman–Crippen MR) is 131 cm³/mol. The zero-order valence-corrected chi connectivity index (χ0v) is 20.6. The smallest absolute Gasteiger partial charge is 0.338 e. The molecule has 2 aromatic carbocycles. The maximum absolute atomic E-state index is 13.6. The van der Waals surface area contributed by atoms with E-state index in [1.165, 1.54) is 11.3 Å². The summed E-state index contributed by atoms with van der Waals surface area (Å²) in [5.41, 5.74) is 3.21. The molecular weight excluding hydrogens is 452 g/mol. The lowest BCUT2D eigenvalue weighted by atomic mass is 9.95. The number of aromatic nitrogens is 1. The van der Waals surface area contributed by atoms with E-state index in [0.717, 1.165) is 22.4 Å². The molecule has 1 unspecified atom stereocenters. The highest BCUT2D eigenvalue weighted by Gasteiger charge is 2.33. The molecule has 0 saturated heterocycles. The zero-order valence-electron chi connectivity index (χ0n) is 19.7. The Kier molecular flexibility index (Phi) is 6.70. The summed E-state index contributed by atoms with van der Waals surface area (Å²) in [6.07, 6.45) is 1.82. The summed E-state index contributed by atoms with van der Waals surface area (Å²) in [6, 6.07) is 12.5. The van der Waals surface area contributed by atoms with Gasteiger partial charge in [0.15, 0.2) is 4.80 Å². The number of esters is 1. The maximum atomic E-state index is 13.6. The van der Waals surface area contributed by atoms with Gasteiger partial charge in [0, 0.05) is 0 Å². The fourth-order valence-corrected chi connectivity index (χ4v) is 5.01. The summed E-state index contributed by atoms with van der Waals surface area (Å²) >= 11 is 1.29. The van der Waals surface area contributed by atoms with E-state index in [0.29, 0.717) is 26.4 Å². The number of aryl methyl sites for hydroxylation is 1. The van der Waals surface area contributed by atoms with Crippen molar-refractivity contribution in [3.05, 3.63) is 90.1 Å². The van der Waals surface area contributed by atoms with Crippen molar-refractivity contribution in [1.82, 2.24) is 4.57 Å². The van der Waals surface area contributed by atoms with E-state index in [1.54, 1.807) is 32.6 Å². The van der Waals surface area contributed by atoms with Crippen LogP contribution >= 0.6 is 11.3 Å². The molecule has 0 saturated carbocycles. The van der Waals surface area contributed by atoms with Crippen LogP contribution in [0.1, 0.15) is 36.6 Å². The molecule has 2 heterocycles. The van der Waals surface area contributed by atoms with Gasteiger partial charge in [-0.3, -0.25) is 9.36 Å². The Morgan fingerprint density at radius 3 is 2.50 bits per heavy atom. The van der Waals surface area contributed by atoms with E-state index in [9.17, 15) is 9.59 Å². The minimum absolute atomic E-state index is 0.224. The molecule has 0 amide bonds. The molecule has 0 fully saturated rings. The molecule has 176 valence electrons. The molecule has 7 nitrogen and oxygen atoms in total. The summed E-state index contributed by atoms with van der Waals surface area (Å²) < 4.78 is 18.2. The number of nitrogens with zero attached hydrogens (tertiary/aromatic N) is 2. The fourth-order valence-electron chi connectivity index (χ4n) is 3.97. The first-order valence-corrected chi connectivity index (χ1v) is 11.7. The van der Waals surface area contributed by atoms with E-state index in [-0.39, 0.29) is 12.2 Å². The summed E-state index contributed by atoms with van der Waals surface area (Å²) in [6.45, 7) is 5.69. The zero-order chi connectivity index (χ0) is 24.4. The Morgan fingerprint density at radius 1 is 1.12 bits per heavy atom. The molecule has 4 rings (SSSR count). The lowest BCUT2D eigenvalue weighted by Gasteiger charge is -2.25. The summed E-state index contributed by atoms with van der Waals surface area (Å²) in [5.74, 6) is 0.926. The molecule has 1 aromatic heterocycles. The molecule has 1 atom stereocenters. The first-order chi connectivity index (χ1) is 16.4. The van der Waals surface area contributed by atoms with Crippen molar-refractivity contribution in [3.8, 4) is 11.5 Å². The highest BCUT2D eigenvalue weighted by atomic mass is 32.1. The van der Waals surface area contributed by atoms with Crippen LogP contribution in [0.25, 0.3) is 6.08 Å². The van der Waals surface area contributed by atoms with Crippen LogP contribution in [0.5, 0.6) is 11.5 Å². The van der Waals surface area contributed by atoms with E-state index >= 15 is 0 Å². The number of carbonyl (C=O) groups is 1. The minimum atomic E-state index is -0.678. The van der Waals surface area contributed by atoms with Gasteiger partial charge in [-0.05, 0) is 61.7 Å². The molecule has 0 bridgehead atoms. The van der Waals surface area contributed by atoms with Gasteiger partial charge in [0.2, 0.25) is 0 Å². The largest absolute Gasteiger partial charge is 0.497 e. The number of hydrogen-bond donors (Lipinski definition) is 0. The van der Waals surface area contributed by atoms with Crippen LogP contribution in [0.4, 0.5) is 0 Å². The van der Waals surface area contributed by atoms with Crippen molar-refractivity contribution < 1.29 is 19.0 Å². The third-order valence-electron chi connectivity index (χ3n) is 5.68. The van der Waals surface area contributed by atoms with Gasteiger partial charge in [0.05, 0.1) is 42.7 Å². The second-order valence-electron chi connectivity index (χ2n) is 7.80. The average molecular weight is 479 g/mol. The van der Waals surface area contributed by atoms with Crippen molar-refractivity contribution in [2.75, 3.05) is 20.8 Å². The molecule has 0 aliphatic carbocycles. The third-order valence-corrected chi connectivity index (χ3v) is 6.66. The Morgan fingerprint density at radius 2 is 1.85 bits per heavy atom. The molecule has 0 radical (unpaired) electrons.